The van der Waals surface area contributed by atoms with Crippen LogP contribution in [0.15, 0.2) is 0 Å². The maximum atomic E-state index is 9.63. The van der Waals surface area contributed by atoms with Crippen LogP contribution in [0, 0.1) is 0 Å². The zero-order valence-electron chi connectivity index (χ0n) is 8.77. The van der Waals surface area contributed by atoms with Gasteiger partial charge in [-0.25, -0.2) is 0 Å². The SMILES string of the molecule is CCNCC[O-].CCNCC[O-].[Mg+2]. The second-order valence-electron chi connectivity index (χ2n) is 2.12. The van der Waals surface area contributed by atoms with Crippen molar-refractivity contribution in [1.29, 1.82) is 0 Å². The van der Waals surface area contributed by atoms with E-state index in [1.807, 2.05) is 13.8 Å². The second-order valence-corrected chi connectivity index (χ2v) is 2.12. The van der Waals surface area contributed by atoms with Crippen molar-refractivity contribution in [3.63, 3.8) is 0 Å². The predicted molar refractivity (Wildman–Crippen MR) is 52.6 cm³/mol. The van der Waals surface area contributed by atoms with Crippen LogP contribution in [0.4, 0.5) is 0 Å². The fourth-order valence-electron chi connectivity index (χ4n) is 0.498. The Kier molecular flexibility index (Phi) is 33.9. The van der Waals surface area contributed by atoms with Gasteiger partial charge in [0.25, 0.3) is 0 Å². The summed E-state index contributed by atoms with van der Waals surface area (Å²) in [4.78, 5) is 0. The summed E-state index contributed by atoms with van der Waals surface area (Å²) >= 11 is 0. The van der Waals surface area contributed by atoms with Gasteiger partial charge in [0.2, 0.25) is 0 Å². The van der Waals surface area contributed by atoms with Crippen molar-refractivity contribution in [3.05, 3.63) is 0 Å². The number of nitrogens with one attached hydrogen (secondary N) is 2. The predicted octanol–water partition coefficient (Wildman–Crippen LogP) is -2.47. The Morgan fingerprint density at radius 1 is 0.846 bits per heavy atom. The molecule has 0 bridgehead atoms. The fraction of sp³-hybridized carbons (Fsp3) is 1.00. The molecule has 4 nitrogen and oxygen atoms in total. The van der Waals surface area contributed by atoms with Gasteiger partial charge in [0.15, 0.2) is 0 Å². The molecule has 0 heterocycles. The van der Waals surface area contributed by atoms with Crippen molar-refractivity contribution in [3.8, 4) is 0 Å². The third kappa shape index (κ3) is 32.5. The second kappa shape index (κ2) is 22.9. The Hall–Kier alpha value is 0.606. The van der Waals surface area contributed by atoms with Gasteiger partial charge in [0.05, 0.1) is 0 Å². The quantitative estimate of drug-likeness (QED) is 0.368. The molecule has 0 aromatic rings. The summed E-state index contributed by atoms with van der Waals surface area (Å²) in [6, 6.07) is 0. The molecule has 0 saturated carbocycles. The van der Waals surface area contributed by atoms with E-state index in [1.54, 1.807) is 0 Å². The van der Waals surface area contributed by atoms with E-state index in [0.717, 1.165) is 13.1 Å². The summed E-state index contributed by atoms with van der Waals surface area (Å²) in [6.07, 6.45) is 0. The molecule has 0 amide bonds. The summed E-state index contributed by atoms with van der Waals surface area (Å²) in [7, 11) is 0. The summed E-state index contributed by atoms with van der Waals surface area (Å²) in [5.74, 6) is 0. The first-order chi connectivity index (χ1) is 5.83. The average molecular weight is 201 g/mol. The molecule has 0 radical (unpaired) electrons. The molecule has 5 heteroatoms. The van der Waals surface area contributed by atoms with Crippen LogP contribution in [0.5, 0.6) is 0 Å². The Balaban J connectivity index is -0.000000143. The van der Waals surface area contributed by atoms with E-state index < -0.39 is 0 Å². The van der Waals surface area contributed by atoms with Crippen LogP contribution in [-0.2, 0) is 0 Å². The molecule has 0 rings (SSSR count). The summed E-state index contributed by atoms with van der Waals surface area (Å²) in [6.45, 7) is 6.98. The van der Waals surface area contributed by atoms with Gasteiger partial charge in [0.1, 0.15) is 0 Å². The van der Waals surface area contributed by atoms with Crippen LogP contribution in [0.2, 0.25) is 0 Å². The molecule has 0 unspecified atom stereocenters. The van der Waals surface area contributed by atoms with E-state index in [1.165, 1.54) is 0 Å². The molecule has 0 fully saturated rings. The van der Waals surface area contributed by atoms with E-state index >= 15 is 0 Å². The van der Waals surface area contributed by atoms with Crippen molar-refractivity contribution in [1.82, 2.24) is 10.6 Å². The summed E-state index contributed by atoms with van der Waals surface area (Å²) in [5, 5.41) is 25.0. The minimum Gasteiger partial charge on any atom is -0.854 e. The first-order valence-electron chi connectivity index (χ1n) is 4.41. The Morgan fingerprint density at radius 2 is 1.15 bits per heavy atom. The van der Waals surface area contributed by atoms with Crippen molar-refractivity contribution in [2.75, 3.05) is 39.4 Å². The maximum absolute atomic E-state index is 9.63. The topological polar surface area (TPSA) is 70.2 Å². The molecule has 0 aliphatic carbocycles. The number of hydrogen-bond acceptors (Lipinski definition) is 4. The van der Waals surface area contributed by atoms with Crippen molar-refractivity contribution >= 4 is 23.1 Å². The zero-order chi connectivity index (χ0) is 9.66. The minimum absolute atomic E-state index is 0. The van der Waals surface area contributed by atoms with Crippen LogP contribution in [-0.4, -0.2) is 62.4 Å². The summed E-state index contributed by atoms with van der Waals surface area (Å²) < 4.78 is 0. The van der Waals surface area contributed by atoms with Gasteiger partial charge in [-0.3, -0.25) is 0 Å². The standard InChI is InChI=1S/2C4H10NO.Mg/c2*1-2-5-3-4-6;/h2*5H,2-4H2,1H3;/q2*-1;+2. The monoisotopic (exact) mass is 200 g/mol. The third-order valence-corrected chi connectivity index (χ3v) is 1.06. The number of rotatable bonds is 6. The van der Waals surface area contributed by atoms with Crippen LogP contribution < -0.4 is 20.8 Å². The van der Waals surface area contributed by atoms with Gasteiger partial charge in [-0.1, -0.05) is 13.8 Å². The molecular formula is C8H20MgN2O2. The molecule has 0 aliphatic rings. The molecule has 0 aromatic heterocycles. The summed E-state index contributed by atoms with van der Waals surface area (Å²) in [5.41, 5.74) is 0. The largest absolute Gasteiger partial charge is 2.00 e. The zero-order valence-corrected chi connectivity index (χ0v) is 10.2. The molecule has 0 spiro atoms. The first-order valence-corrected chi connectivity index (χ1v) is 4.41. The van der Waals surface area contributed by atoms with E-state index in [4.69, 9.17) is 0 Å². The Bertz CT molecular complexity index is 52.1. The first kappa shape index (κ1) is 19.2. The van der Waals surface area contributed by atoms with E-state index in [2.05, 4.69) is 10.6 Å². The molecule has 0 aromatic carbocycles. The van der Waals surface area contributed by atoms with Crippen LogP contribution in [0.1, 0.15) is 13.8 Å². The average Bonchev–Trinajstić information content (AvgIpc) is 2.12. The van der Waals surface area contributed by atoms with E-state index in [0.29, 0.717) is 13.1 Å². The smallest absolute Gasteiger partial charge is 0.854 e. The van der Waals surface area contributed by atoms with Gasteiger partial charge in [0, 0.05) is 0 Å². The Morgan fingerprint density at radius 3 is 1.23 bits per heavy atom. The molecule has 13 heavy (non-hydrogen) atoms. The van der Waals surface area contributed by atoms with E-state index in [9.17, 15) is 10.2 Å². The molecule has 0 atom stereocenters. The van der Waals surface area contributed by atoms with Gasteiger partial charge >= 0.3 is 23.1 Å². The van der Waals surface area contributed by atoms with Gasteiger partial charge < -0.3 is 20.8 Å². The molecule has 0 saturated heterocycles. The number of likely N-dealkylation sites (N-methyl/N-ethyl adjacent to an activating group) is 2. The number of hydrogen-bond donors (Lipinski definition) is 2. The minimum atomic E-state index is -0.00611. The van der Waals surface area contributed by atoms with Crippen molar-refractivity contribution < 1.29 is 10.2 Å². The fourth-order valence-corrected chi connectivity index (χ4v) is 0.498. The molecule has 0 aliphatic heterocycles. The van der Waals surface area contributed by atoms with Crippen molar-refractivity contribution in [2.45, 2.75) is 13.8 Å². The Labute approximate surface area is 97.3 Å². The van der Waals surface area contributed by atoms with Gasteiger partial charge in [-0.05, 0) is 26.2 Å². The third-order valence-electron chi connectivity index (χ3n) is 1.06. The van der Waals surface area contributed by atoms with E-state index in [-0.39, 0.29) is 36.3 Å². The maximum Gasteiger partial charge on any atom is 2.00 e. The normalized spacial score (nSPS) is 8.31. The molecule has 76 valence electrons. The van der Waals surface area contributed by atoms with Gasteiger partial charge in [-0.2, -0.15) is 0 Å². The van der Waals surface area contributed by atoms with Crippen LogP contribution in [0.3, 0.4) is 0 Å². The van der Waals surface area contributed by atoms with Crippen LogP contribution in [0.25, 0.3) is 0 Å². The van der Waals surface area contributed by atoms with Crippen molar-refractivity contribution in [2.24, 2.45) is 0 Å². The van der Waals surface area contributed by atoms with Crippen LogP contribution >= 0.6 is 0 Å². The molecule has 2 N–H and O–H groups in total. The molecular weight excluding hydrogens is 180 g/mol. The van der Waals surface area contributed by atoms with Gasteiger partial charge in [-0.15, -0.1) is 13.2 Å².